The lowest BCUT2D eigenvalue weighted by Gasteiger charge is -2.20. The zero-order chi connectivity index (χ0) is 24.9. The Morgan fingerprint density at radius 1 is 1.03 bits per heavy atom. The van der Waals surface area contributed by atoms with Crippen molar-refractivity contribution in [2.24, 2.45) is 0 Å². The van der Waals surface area contributed by atoms with E-state index in [1.54, 1.807) is 0 Å². The van der Waals surface area contributed by atoms with Gasteiger partial charge in [-0.2, -0.15) is 16.8 Å². The Hall–Kier alpha value is -1.58. The van der Waals surface area contributed by atoms with Gasteiger partial charge >= 0.3 is 20.8 Å². The average Bonchev–Trinajstić information content (AvgIpc) is 2.62. The fourth-order valence-electron chi connectivity index (χ4n) is 2.75. The molecule has 0 fully saturated rings. The fraction of sp³-hybridized carbons (Fsp3) is 0.500. The lowest BCUT2D eigenvalue weighted by molar-refractivity contribution is 0.295. The normalized spacial score (nSPS) is 12.4. The minimum absolute atomic E-state index is 0.442. The van der Waals surface area contributed by atoms with E-state index in [0.29, 0.717) is 6.04 Å². The molecular formula is C18H30ClN3O8S2. The maximum Gasteiger partial charge on any atom is 0.394 e. The number of nitrogens with zero attached hydrogens (tertiary/aromatic N) is 2. The molecule has 2 rings (SSSR count). The van der Waals surface area contributed by atoms with E-state index in [1.165, 1.54) is 13.0 Å². The molecule has 1 heterocycles. The molecule has 2 aromatic rings. The molecule has 0 aliphatic rings. The summed E-state index contributed by atoms with van der Waals surface area (Å²) in [5.74, 6) is 0. The van der Waals surface area contributed by atoms with Crippen molar-refractivity contribution in [2.45, 2.75) is 39.7 Å². The van der Waals surface area contributed by atoms with Crippen LogP contribution in [-0.4, -0.2) is 70.6 Å². The second-order valence-electron chi connectivity index (χ2n) is 6.63. The molecule has 0 radical (unpaired) electrons. The van der Waals surface area contributed by atoms with E-state index in [-0.39, 0.29) is 0 Å². The van der Waals surface area contributed by atoms with Crippen molar-refractivity contribution in [3.05, 3.63) is 35.5 Å². The topological polar surface area (TPSA) is 177 Å². The van der Waals surface area contributed by atoms with Crippen LogP contribution in [0.3, 0.4) is 0 Å². The molecule has 0 saturated heterocycles. The van der Waals surface area contributed by atoms with E-state index >= 15 is 0 Å². The second-order valence-corrected chi connectivity index (χ2v) is 8.86. The van der Waals surface area contributed by atoms with E-state index in [2.05, 4.69) is 36.0 Å². The predicted octanol–water partition coefficient (Wildman–Crippen LogP) is 3.51. The lowest BCUT2D eigenvalue weighted by atomic mass is 10.1. The van der Waals surface area contributed by atoms with Crippen molar-refractivity contribution in [1.29, 1.82) is 0 Å². The SMILES string of the molecule is CCN(CC)CCCC(C)Nc1ccnc2cc(Cl)ccc12.O=S(=O)(O)O.O=S(=O)(O)O. The zero-order valence-electron chi connectivity index (χ0n) is 18.0. The van der Waals surface area contributed by atoms with Crippen molar-refractivity contribution in [3.63, 3.8) is 0 Å². The van der Waals surface area contributed by atoms with Crippen LogP contribution in [0, 0.1) is 0 Å². The van der Waals surface area contributed by atoms with Crippen LogP contribution in [0.2, 0.25) is 5.02 Å². The second kappa shape index (κ2) is 14.5. The van der Waals surface area contributed by atoms with Gasteiger partial charge in [0.15, 0.2) is 0 Å². The monoisotopic (exact) mass is 515 g/mol. The van der Waals surface area contributed by atoms with Crippen molar-refractivity contribution in [2.75, 3.05) is 25.0 Å². The Balaban J connectivity index is 0.000000805. The van der Waals surface area contributed by atoms with E-state index in [9.17, 15) is 0 Å². The Labute approximate surface area is 194 Å². The minimum Gasteiger partial charge on any atom is -0.382 e. The fourth-order valence-corrected chi connectivity index (χ4v) is 2.91. The number of halogens is 1. The first kappa shape index (κ1) is 30.4. The van der Waals surface area contributed by atoms with Crippen molar-refractivity contribution in [1.82, 2.24) is 9.88 Å². The number of nitrogens with one attached hydrogen (secondary N) is 1. The summed E-state index contributed by atoms with van der Waals surface area (Å²) in [5, 5.41) is 5.47. The van der Waals surface area contributed by atoms with E-state index in [4.69, 9.17) is 46.6 Å². The molecule has 5 N–H and O–H groups in total. The van der Waals surface area contributed by atoms with Crippen LogP contribution in [0.15, 0.2) is 30.5 Å². The van der Waals surface area contributed by atoms with Crippen molar-refractivity contribution in [3.8, 4) is 0 Å². The first-order valence-electron chi connectivity index (χ1n) is 9.56. The summed E-state index contributed by atoms with van der Waals surface area (Å²) in [6.07, 6.45) is 4.21. The molecule has 11 nitrogen and oxygen atoms in total. The molecule has 184 valence electrons. The van der Waals surface area contributed by atoms with Gasteiger partial charge in [0.2, 0.25) is 0 Å². The average molecular weight is 516 g/mol. The number of aromatic nitrogens is 1. The number of benzene rings is 1. The molecule has 32 heavy (non-hydrogen) atoms. The van der Waals surface area contributed by atoms with Gasteiger partial charge in [-0.15, -0.1) is 0 Å². The molecule has 0 aliphatic heterocycles. The lowest BCUT2D eigenvalue weighted by Crippen LogP contribution is -2.25. The van der Waals surface area contributed by atoms with Crippen LogP contribution in [0.1, 0.15) is 33.6 Å². The first-order valence-corrected chi connectivity index (χ1v) is 12.7. The Bertz CT molecular complexity index is 986. The highest BCUT2D eigenvalue weighted by molar-refractivity contribution is 7.80. The van der Waals surface area contributed by atoms with Gasteiger partial charge in [-0.1, -0.05) is 25.4 Å². The standard InChI is InChI=1S/C18H26ClN3.2H2O4S/c1-4-22(5-2)12-6-7-14(3)21-17-10-11-20-18-13-15(19)8-9-16(17)18;2*1-5(2,3)4/h8-11,13-14H,4-7,12H2,1-3H3,(H,20,21);2*(H2,1,2,3,4). The number of fused-ring (bicyclic) bond motifs is 1. The third kappa shape index (κ3) is 17.0. The van der Waals surface area contributed by atoms with Crippen LogP contribution < -0.4 is 5.32 Å². The highest BCUT2D eigenvalue weighted by atomic mass is 35.5. The largest absolute Gasteiger partial charge is 0.394 e. The van der Waals surface area contributed by atoms with Gasteiger partial charge in [-0.3, -0.25) is 23.2 Å². The van der Waals surface area contributed by atoms with Crippen molar-refractivity contribution >= 4 is 49.0 Å². The van der Waals surface area contributed by atoms with Gasteiger partial charge in [0.25, 0.3) is 0 Å². The van der Waals surface area contributed by atoms with Gasteiger partial charge < -0.3 is 10.2 Å². The van der Waals surface area contributed by atoms with Crippen LogP contribution in [-0.2, 0) is 20.8 Å². The summed E-state index contributed by atoms with van der Waals surface area (Å²) in [5.41, 5.74) is 2.07. The van der Waals surface area contributed by atoms with Gasteiger partial charge in [0.1, 0.15) is 0 Å². The Kier molecular flexibility index (Phi) is 13.8. The van der Waals surface area contributed by atoms with Gasteiger partial charge in [-0.05, 0) is 63.7 Å². The molecular weight excluding hydrogens is 486 g/mol. The molecule has 1 atom stereocenters. The van der Waals surface area contributed by atoms with E-state index in [1.807, 2.05) is 30.5 Å². The number of anilines is 1. The third-order valence-corrected chi connectivity index (χ3v) is 4.35. The Morgan fingerprint density at radius 2 is 1.56 bits per heavy atom. The Morgan fingerprint density at radius 3 is 2.06 bits per heavy atom. The number of hydrogen-bond acceptors (Lipinski definition) is 7. The number of rotatable bonds is 8. The summed E-state index contributed by atoms with van der Waals surface area (Å²) in [6, 6.07) is 8.35. The smallest absolute Gasteiger partial charge is 0.382 e. The van der Waals surface area contributed by atoms with Gasteiger partial charge in [-0.25, -0.2) is 0 Å². The van der Waals surface area contributed by atoms with E-state index < -0.39 is 20.8 Å². The number of hydrogen-bond donors (Lipinski definition) is 5. The van der Waals surface area contributed by atoms with Crippen LogP contribution in [0.5, 0.6) is 0 Å². The molecule has 0 aliphatic carbocycles. The van der Waals surface area contributed by atoms with Crippen molar-refractivity contribution < 1.29 is 35.0 Å². The molecule has 1 aromatic heterocycles. The predicted molar refractivity (Wildman–Crippen MR) is 125 cm³/mol. The third-order valence-electron chi connectivity index (χ3n) is 4.11. The summed E-state index contributed by atoms with van der Waals surface area (Å²) >= 11 is 6.04. The summed E-state index contributed by atoms with van der Waals surface area (Å²) in [4.78, 5) is 6.86. The zero-order valence-corrected chi connectivity index (χ0v) is 20.4. The first-order chi connectivity index (χ1) is 14.6. The molecule has 1 unspecified atom stereocenters. The number of pyridine rings is 1. The van der Waals surface area contributed by atoms with Crippen LogP contribution in [0.25, 0.3) is 10.9 Å². The van der Waals surface area contributed by atoms with E-state index in [0.717, 1.165) is 41.1 Å². The molecule has 0 spiro atoms. The highest BCUT2D eigenvalue weighted by Gasteiger charge is 2.07. The quantitative estimate of drug-likeness (QED) is 0.325. The summed E-state index contributed by atoms with van der Waals surface area (Å²) < 4.78 is 63.2. The maximum absolute atomic E-state index is 8.74. The molecule has 1 aromatic carbocycles. The van der Waals surface area contributed by atoms with Crippen LogP contribution >= 0.6 is 11.6 Å². The minimum atomic E-state index is -4.67. The van der Waals surface area contributed by atoms with Crippen LogP contribution in [0.4, 0.5) is 5.69 Å². The van der Waals surface area contributed by atoms with Gasteiger partial charge in [0.05, 0.1) is 5.52 Å². The molecule has 0 saturated carbocycles. The molecule has 14 heteroatoms. The van der Waals surface area contributed by atoms with Gasteiger partial charge in [0, 0.05) is 28.3 Å². The highest BCUT2D eigenvalue weighted by Crippen LogP contribution is 2.25. The molecule has 0 amide bonds. The summed E-state index contributed by atoms with van der Waals surface area (Å²) in [7, 11) is -9.33. The maximum atomic E-state index is 8.74. The summed E-state index contributed by atoms with van der Waals surface area (Å²) in [6.45, 7) is 10.1. The molecule has 0 bridgehead atoms.